The average molecular weight is 304 g/mol. The second kappa shape index (κ2) is 6.10. The van der Waals surface area contributed by atoms with Crippen LogP contribution in [0.3, 0.4) is 0 Å². The van der Waals surface area contributed by atoms with E-state index < -0.39 is 0 Å². The van der Waals surface area contributed by atoms with Gasteiger partial charge in [-0.25, -0.2) is 0 Å². The Morgan fingerprint density at radius 3 is 2.91 bits per heavy atom. The molecule has 1 spiro atoms. The third-order valence-electron chi connectivity index (χ3n) is 5.00. The van der Waals surface area contributed by atoms with Crippen LogP contribution in [0.2, 0.25) is 0 Å². The Hall–Kier alpha value is -1.24. The molecule has 3 saturated heterocycles. The second-order valence-corrected chi connectivity index (χ2v) is 6.68. The molecule has 3 fully saturated rings. The van der Waals surface area contributed by atoms with Gasteiger partial charge in [0.25, 0.3) is 0 Å². The largest absolute Gasteiger partial charge is 0.375 e. The minimum Gasteiger partial charge on any atom is -0.375 e. The molecule has 4 rings (SSSR count). The summed E-state index contributed by atoms with van der Waals surface area (Å²) in [6, 6.07) is 4.00. The molecule has 0 aliphatic carbocycles. The molecular weight excluding hydrogens is 280 g/mol. The first kappa shape index (κ1) is 14.4. The van der Waals surface area contributed by atoms with E-state index in [4.69, 9.17) is 9.47 Å². The van der Waals surface area contributed by atoms with Crippen molar-refractivity contribution in [1.29, 1.82) is 0 Å². The zero-order valence-electron chi connectivity index (χ0n) is 13.0. The van der Waals surface area contributed by atoms with Crippen LogP contribution in [-0.4, -0.2) is 72.7 Å². The van der Waals surface area contributed by atoms with Crippen LogP contribution in [0, 0.1) is 0 Å². The van der Waals surface area contributed by atoms with Crippen LogP contribution in [0.4, 0.5) is 5.82 Å². The van der Waals surface area contributed by atoms with Gasteiger partial charge in [0.05, 0.1) is 19.3 Å². The van der Waals surface area contributed by atoms with Crippen molar-refractivity contribution in [3.05, 3.63) is 18.3 Å². The maximum absolute atomic E-state index is 6.24. The lowest BCUT2D eigenvalue weighted by Crippen LogP contribution is -2.50. The van der Waals surface area contributed by atoms with Gasteiger partial charge in [-0.15, -0.1) is 5.10 Å². The standard InChI is InChI=1S/C16H24N4O2/c1-3-15(18-17-6-1)20-8-2-7-19(9-10-20)11-14-4-5-16(22-14)12-21-13-16/h1,3,6,14H,2,4-5,7-13H2. The van der Waals surface area contributed by atoms with Gasteiger partial charge >= 0.3 is 0 Å². The van der Waals surface area contributed by atoms with Crippen molar-refractivity contribution in [3.8, 4) is 0 Å². The highest BCUT2D eigenvalue weighted by molar-refractivity contribution is 5.36. The highest BCUT2D eigenvalue weighted by Gasteiger charge is 2.46. The third kappa shape index (κ3) is 2.95. The molecule has 3 aliphatic heterocycles. The molecular formula is C16H24N4O2. The van der Waals surface area contributed by atoms with E-state index in [9.17, 15) is 0 Å². The fourth-order valence-electron chi connectivity index (χ4n) is 3.70. The van der Waals surface area contributed by atoms with Crippen LogP contribution in [0.25, 0.3) is 0 Å². The molecule has 1 aromatic heterocycles. The Bertz CT molecular complexity index is 494. The average Bonchev–Trinajstić information content (AvgIpc) is 2.82. The lowest BCUT2D eigenvalue weighted by molar-refractivity contribution is -0.201. The van der Waals surface area contributed by atoms with Gasteiger partial charge < -0.3 is 14.4 Å². The molecule has 1 unspecified atom stereocenters. The first-order chi connectivity index (χ1) is 10.8. The van der Waals surface area contributed by atoms with E-state index in [0.717, 1.165) is 64.6 Å². The van der Waals surface area contributed by atoms with Crippen LogP contribution < -0.4 is 4.90 Å². The van der Waals surface area contributed by atoms with E-state index in [2.05, 4.69) is 20.0 Å². The maximum atomic E-state index is 6.24. The van der Waals surface area contributed by atoms with Crippen molar-refractivity contribution in [2.24, 2.45) is 0 Å². The van der Waals surface area contributed by atoms with Gasteiger partial charge in [-0.3, -0.25) is 4.90 Å². The molecule has 0 radical (unpaired) electrons. The number of hydrogen-bond donors (Lipinski definition) is 0. The monoisotopic (exact) mass is 304 g/mol. The second-order valence-electron chi connectivity index (χ2n) is 6.68. The first-order valence-electron chi connectivity index (χ1n) is 8.34. The molecule has 6 heteroatoms. The summed E-state index contributed by atoms with van der Waals surface area (Å²) in [6.45, 7) is 6.92. The zero-order chi connectivity index (χ0) is 14.8. The van der Waals surface area contributed by atoms with Crippen LogP contribution in [0.15, 0.2) is 18.3 Å². The number of ether oxygens (including phenoxy) is 2. The van der Waals surface area contributed by atoms with E-state index in [1.807, 2.05) is 12.1 Å². The van der Waals surface area contributed by atoms with Gasteiger partial charge in [0, 0.05) is 32.4 Å². The van der Waals surface area contributed by atoms with Crippen molar-refractivity contribution >= 4 is 5.82 Å². The number of anilines is 1. The molecule has 22 heavy (non-hydrogen) atoms. The smallest absolute Gasteiger partial charge is 0.151 e. The predicted molar refractivity (Wildman–Crippen MR) is 83.0 cm³/mol. The third-order valence-corrected chi connectivity index (χ3v) is 5.00. The van der Waals surface area contributed by atoms with Crippen molar-refractivity contribution in [2.45, 2.75) is 31.0 Å². The molecule has 0 bridgehead atoms. The van der Waals surface area contributed by atoms with E-state index in [1.54, 1.807) is 6.20 Å². The van der Waals surface area contributed by atoms with Gasteiger partial charge in [0.2, 0.25) is 0 Å². The summed E-state index contributed by atoms with van der Waals surface area (Å²) in [7, 11) is 0. The molecule has 0 amide bonds. The highest BCUT2D eigenvalue weighted by atomic mass is 16.6. The maximum Gasteiger partial charge on any atom is 0.151 e. The molecule has 3 aliphatic rings. The molecule has 0 aromatic carbocycles. The Morgan fingerprint density at radius 1 is 1.23 bits per heavy atom. The Kier molecular flexibility index (Phi) is 3.98. The van der Waals surface area contributed by atoms with E-state index >= 15 is 0 Å². The quantitative estimate of drug-likeness (QED) is 0.828. The van der Waals surface area contributed by atoms with E-state index in [1.165, 1.54) is 6.42 Å². The van der Waals surface area contributed by atoms with Gasteiger partial charge in [0.1, 0.15) is 5.60 Å². The summed E-state index contributed by atoms with van der Waals surface area (Å²) in [4.78, 5) is 4.88. The summed E-state index contributed by atoms with van der Waals surface area (Å²) in [5, 5.41) is 8.22. The predicted octanol–water partition coefficient (Wildman–Crippen LogP) is 0.937. The van der Waals surface area contributed by atoms with Crippen molar-refractivity contribution in [1.82, 2.24) is 15.1 Å². The summed E-state index contributed by atoms with van der Waals surface area (Å²) < 4.78 is 11.6. The molecule has 1 aromatic rings. The van der Waals surface area contributed by atoms with Gasteiger partial charge in [-0.05, 0) is 37.9 Å². The topological polar surface area (TPSA) is 50.7 Å². The number of rotatable bonds is 3. The normalized spacial score (nSPS) is 28.5. The fraction of sp³-hybridized carbons (Fsp3) is 0.750. The lowest BCUT2D eigenvalue weighted by Gasteiger charge is -2.38. The van der Waals surface area contributed by atoms with Crippen molar-refractivity contribution < 1.29 is 9.47 Å². The van der Waals surface area contributed by atoms with Crippen LogP contribution in [-0.2, 0) is 9.47 Å². The summed E-state index contributed by atoms with van der Waals surface area (Å²) >= 11 is 0. The minimum absolute atomic E-state index is 0.0716. The Morgan fingerprint density at radius 2 is 2.18 bits per heavy atom. The molecule has 4 heterocycles. The SMILES string of the molecule is c1cnnc(N2CCCN(CC3CCC4(COC4)O3)CC2)c1. The first-order valence-corrected chi connectivity index (χ1v) is 8.34. The molecule has 0 N–H and O–H groups in total. The minimum atomic E-state index is 0.0716. The van der Waals surface area contributed by atoms with Crippen molar-refractivity contribution in [3.63, 3.8) is 0 Å². The number of nitrogens with zero attached hydrogens (tertiary/aromatic N) is 4. The van der Waals surface area contributed by atoms with Crippen molar-refractivity contribution in [2.75, 3.05) is 50.8 Å². The molecule has 1 atom stereocenters. The van der Waals surface area contributed by atoms with Crippen LogP contribution in [0.5, 0.6) is 0 Å². The summed E-state index contributed by atoms with van der Waals surface area (Å²) in [5.41, 5.74) is 0.0716. The fourth-order valence-corrected chi connectivity index (χ4v) is 3.70. The summed E-state index contributed by atoms with van der Waals surface area (Å²) in [6.07, 6.45) is 5.61. The number of hydrogen-bond acceptors (Lipinski definition) is 6. The number of aromatic nitrogens is 2. The van der Waals surface area contributed by atoms with E-state index in [0.29, 0.717) is 6.10 Å². The summed E-state index contributed by atoms with van der Waals surface area (Å²) in [5.74, 6) is 0.993. The highest BCUT2D eigenvalue weighted by Crippen LogP contribution is 2.36. The molecule has 6 nitrogen and oxygen atoms in total. The van der Waals surface area contributed by atoms with Gasteiger partial charge in [0.15, 0.2) is 5.82 Å². The van der Waals surface area contributed by atoms with Gasteiger partial charge in [-0.1, -0.05) is 0 Å². The lowest BCUT2D eigenvalue weighted by atomic mass is 9.98. The van der Waals surface area contributed by atoms with E-state index in [-0.39, 0.29) is 5.60 Å². The molecule has 0 saturated carbocycles. The van der Waals surface area contributed by atoms with Crippen LogP contribution >= 0.6 is 0 Å². The van der Waals surface area contributed by atoms with Gasteiger partial charge in [-0.2, -0.15) is 5.10 Å². The molecule has 120 valence electrons. The Labute approximate surface area is 131 Å². The van der Waals surface area contributed by atoms with Crippen LogP contribution in [0.1, 0.15) is 19.3 Å². The Balaban J connectivity index is 1.30. The zero-order valence-corrected chi connectivity index (χ0v) is 13.0.